The Bertz CT molecular complexity index is 764. The molecule has 0 unspecified atom stereocenters. The number of imidazole rings is 1. The standard InChI is InChI=1S/C19H23N5/c1-3-7-15(8-4-1)19-16(12-21-23-19)11-20-13-17-14-24-10-6-2-5-9-18(24)22-17/h1,3-4,7-8,12,14,20H,2,5-6,9-11,13H2,(H,21,23). The molecule has 0 saturated heterocycles. The first kappa shape index (κ1) is 15.1. The van der Waals surface area contributed by atoms with E-state index < -0.39 is 0 Å². The Labute approximate surface area is 142 Å². The number of aromatic amines is 1. The maximum Gasteiger partial charge on any atom is 0.109 e. The number of fused-ring (bicyclic) bond motifs is 1. The number of rotatable bonds is 5. The molecule has 24 heavy (non-hydrogen) atoms. The minimum absolute atomic E-state index is 0.781. The van der Waals surface area contributed by atoms with Crippen molar-refractivity contribution in [2.24, 2.45) is 0 Å². The molecule has 0 atom stereocenters. The molecule has 0 amide bonds. The minimum atomic E-state index is 0.781. The number of hydrogen-bond donors (Lipinski definition) is 2. The van der Waals surface area contributed by atoms with E-state index in [-0.39, 0.29) is 0 Å². The van der Waals surface area contributed by atoms with Gasteiger partial charge in [0.15, 0.2) is 0 Å². The lowest BCUT2D eigenvalue weighted by atomic mass is 10.1. The summed E-state index contributed by atoms with van der Waals surface area (Å²) in [6, 6.07) is 10.3. The van der Waals surface area contributed by atoms with Crippen LogP contribution in [0.15, 0.2) is 42.7 Å². The third-order valence-corrected chi connectivity index (χ3v) is 4.61. The molecule has 124 valence electrons. The van der Waals surface area contributed by atoms with Gasteiger partial charge in [-0.15, -0.1) is 0 Å². The van der Waals surface area contributed by atoms with Gasteiger partial charge in [0.2, 0.25) is 0 Å². The van der Waals surface area contributed by atoms with Crippen LogP contribution in [0.4, 0.5) is 0 Å². The van der Waals surface area contributed by atoms with E-state index in [2.05, 4.69) is 38.4 Å². The van der Waals surface area contributed by atoms with Crippen molar-refractivity contribution in [2.75, 3.05) is 0 Å². The van der Waals surface area contributed by atoms with Crippen LogP contribution >= 0.6 is 0 Å². The Hall–Kier alpha value is -2.40. The zero-order valence-corrected chi connectivity index (χ0v) is 13.8. The van der Waals surface area contributed by atoms with E-state index >= 15 is 0 Å². The third kappa shape index (κ3) is 3.26. The lowest BCUT2D eigenvalue weighted by Crippen LogP contribution is -2.13. The number of hydrogen-bond acceptors (Lipinski definition) is 3. The highest BCUT2D eigenvalue weighted by molar-refractivity contribution is 5.62. The van der Waals surface area contributed by atoms with Gasteiger partial charge in [-0.3, -0.25) is 5.10 Å². The van der Waals surface area contributed by atoms with Crippen LogP contribution in [0.3, 0.4) is 0 Å². The summed E-state index contributed by atoms with van der Waals surface area (Å²) in [5, 5.41) is 10.8. The molecule has 2 aromatic heterocycles. The van der Waals surface area contributed by atoms with Crippen LogP contribution in [0.1, 0.15) is 36.3 Å². The number of nitrogens with one attached hydrogen (secondary N) is 2. The van der Waals surface area contributed by atoms with Crippen LogP contribution in [-0.4, -0.2) is 19.7 Å². The van der Waals surface area contributed by atoms with Crippen molar-refractivity contribution in [1.29, 1.82) is 0 Å². The maximum absolute atomic E-state index is 4.79. The number of aromatic nitrogens is 4. The average molecular weight is 321 g/mol. The number of nitrogens with zero attached hydrogens (tertiary/aromatic N) is 3. The van der Waals surface area contributed by atoms with Crippen molar-refractivity contribution < 1.29 is 0 Å². The molecule has 1 aliphatic rings. The first-order valence-electron chi connectivity index (χ1n) is 8.73. The summed E-state index contributed by atoms with van der Waals surface area (Å²) >= 11 is 0. The van der Waals surface area contributed by atoms with Crippen LogP contribution in [0.5, 0.6) is 0 Å². The van der Waals surface area contributed by atoms with Crippen LogP contribution < -0.4 is 5.32 Å². The molecule has 1 aliphatic heterocycles. The summed E-state index contributed by atoms with van der Waals surface area (Å²) in [4.78, 5) is 4.79. The second kappa shape index (κ2) is 7.01. The fraction of sp³-hybridized carbons (Fsp3) is 0.368. The van der Waals surface area contributed by atoms with Gasteiger partial charge >= 0.3 is 0 Å². The first-order valence-corrected chi connectivity index (χ1v) is 8.73. The predicted octanol–water partition coefficient (Wildman–Crippen LogP) is 3.29. The molecule has 0 saturated carbocycles. The summed E-state index contributed by atoms with van der Waals surface area (Å²) in [5.74, 6) is 1.25. The normalized spacial score (nSPS) is 14.3. The van der Waals surface area contributed by atoms with Crippen LogP contribution in [-0.2, 0) is 26.1 Å². The molecule has 5 heteroatoms. The molecule has 0 spiro atoms. The van der Waals surface area contributed by atoms with Crippen LogP contribution in [0.25, 0.3) is 11.3 Å². The van der Waals surface area contributed by atoms with Crippen molar-refractivity contribution in [3.63, 3.8) is 0 Å². The quantitative estimate of drug-likeness (QED) is 0.758. The zero-order chi connectivity index (χ0) is 16.2. The molecule has 0 fully saturated rings. The fourth-order valence-electron chi connectivity index (χ4n) is 3.36. The minimum Gasteiger partial charge on any atom is -0.335 e. The highest BCUT2D eigenvalue weighted by atomic mass is 15.1. The van der Waals surface area contributed by atoms with E-state index in [1.165, 1.54) is 36.2 Å². The van der Waals surface area contributed by atoms with Crippen molar-refractivity contribution in [1.82, 2.24) is 25.1 Å². The summed E-state index contributed by atoms with van der Waals surface area (Å²) in [6.07, 6.45) is 9.07. The first-order chi connectivity index (χ1) is 11.9. The lowest BCUT2D eigenvalue weighted by Gasteiger charge is -2.04. The number of benzene rings is 1. The van der Waals surface area contributed by atoms with E-state index in [0.29, 0.717) is 0 Å². The van der Waals surface area contributed by atoms with Gasteiger partial charge in [-0.1, -0.05) is 36.8 Å². The second-order valence-electron chi connectivity index (χ2n) is 6.39. The molecule has 0 bridgehead atoms. The summed E-state index contributed by atoms with van der Waals surface area (Å²) < 4.78 is 2.33. The Kier molecular flexibility index (Phi) is 4.42. The third-order valence-electron chi connectivity index (χ3n) is 4.61. The average Bonchev–Trinajstić information content (AvgIpc) is 3.18. The van der Waals surface area contributed by atoms with E-state index in [9.17, 15) is 0 Å². The van der Waals surface area contributed by atoms with Gasteiger partial charge in [0.1, 0.15) is 5.82 Å². The van der Waals surface area contributed by atoms with Crippen LogP contribution in [0.2, 0.25) is 0 Å². The summed E-state index contributed by atoms with van der Waals surface area (Å²) in [7, 11) is 0. The van der Waals surface area contributed by atoms with Crippen molar-refractivity contribution in [2.45, 2.75) is 45.3 Å². The van der Waals surface area contributed by atoms with Crippen molar-refractivity contribution in [3.05, 3.63) is 59.8 Å². The van der Waals surface area contributed by atoms with Gasteiger partial charge < -0.3 is 9.88 Å². The van der Waals surface area contributed by atoms with Crippen molar-refractivity contribution in [3.8, 4) is 11.3 Å². The van der Waals surface area contributed by atoms with Gasteiger partial charge in [-0.2, -0.15) is 5.10 Å². The molecule has 5 nitrogen and oxygen atoms in total. The molecule has 0 aliphatic carbocycles. The van der Waals surface area contributed by atoms with Crippen molar-refractivity contribution >= 4 is 0 Å². The van der Waals surface area contributed by atoms with Gasteiger partial charge in [-0.25, -0.2) is 4.98 Å². The van der Waals surface area contributed by atoms with Crippen LogP contribution in [0, 0.1) is 0 Å². The Morgan fingerprint density at radius 3 is 2.92 bits per heavy atom. The highest BCUT2D eigenvalue weighted by Crippen LogP contribution is 2.20. The lowest BCUT2D eigenvalue weighted by molar-refractivity contribution is 0.631. The fourth-order valence-corrected chi connectivity index (χ4v) is 3.36. The predicted molar refractivity (Wildman–Crippen MR) is 94.3 cm³/mol. The Balaban J connectivity index is 1.39. The van der Waals surface area contributed by atoms with E-state index in [1.807, 2.05) is 24.4 Å². The molecule has 2 N–H and O–H groups in total. The smallest absolute Gasteiger partial charge is 0.109 e. The topological polar surface area (TPSA) is 58.5 Å². The monoisotopic (exact) mass is 321 g/mol. The molecule has 4 rings (SSSR count). The number of aryl methyl sites for hydroxylation is 2. The zero-order valence-electron chi connectivity index (χ0n) is 13.8. The highest BCUT2D eigenvalue weighted by Gasteiger charge is 2.11. The second-order valence-corrected chi connectivity index (χ2v) is 6.39. The molecule has 3 aromatic rings. The van der Waals surface area contributed by atoms with E-state index in [4.69, 9.17) is 4.98 Å². The van der Waals surface area contributed by atoms with Gasteiger partial charge in [0.25, 0.3) is 0 Å². The van der Waals surface area contributed by atoms with Gasteiger partial charge in [-0.05, 0) is 18.4 Å². The molecular weight excluding hydrogens is 298 g/mol. The number of H-pyrrole nitrogens is 1. The molecule has 3 heterocycles. The summed E-state index contributed by atoms with van der Waals surface area (Å²) in [6.45, 7) is 2.69. The SMILES string of the molecule is c1ccc(-c2[nH]ncc2CNCc2cn3c(n2)CCCCC3)cc1. The largest absolute Gasteiger partial charge is 0.335 e. The maximum atomic E-state index is 4.79. The molecular formula is C19H23N5. The van der Waals surface area contributed by atoms with E-state index in [1.54, 1.807) is 0 Å². The van der Waals surface area contributed by atoms with Gasteiger partial charge in [0.05, 0.1) is 17.6 Å². The van der Waals surface area contributed by atoms with E-state index in [0.717, 1.165) is 37.4 Å². The molecule has 1 aromatic carbocycles. The Morgan fingerprint density at radius 2 is 2.00 bits per heavy atom. The molecule has 0 radical (unpaired) electrons. The summed E-state index contributed by atoms with van der Waals surface area (Å²) in [5.41, 5.74) is 4.57. The van der Waals surface area contributed by atoms with Gasteiger partial charge in [0, 0.05) is 37.8 Å². The Morgan fingerprint density at radius 1 is 1.08 bits per heavy atom.